The van der Waals surface area contributed by atoms with Gasteiger partial charge >= 0.3 is 0 Å². The highest BCUT2D eigenvalue weighted by Crippen LogP contribution is 2.22. The van der Waals surface area contributed by atoms with Crippen LogP contribution in [-0.2, 0) is 11.2 Å². The molecule has 2 rings (SSSR count). The van der Waals surface area contributed by atoms with Gasteiger partial charge < -0.3 is 4.90 Å². The lowest BCUT2D eigenvalue weighted by Crippen LogP contribution is -2.29. The van der Waals surface area contributed by atoms with E-state index in [4.69, 9.17) is 7.85 Å². The monoisotopic (exact) mass is 241 g/mol. The molecular formula is C15H20BNO. The Hall–Kier alpha value is -1.25. The first-order valence-corrected chi connectivity index (χ1v) is 6.84. The van der Waals surface area contributed by atoms with Gasteiger partial charge in [-0.2, -0.15) is 0 Å². The fraction of sp³-hybridized carbons (Fsp3) is 0.533. The van der Waals surface area contributed by atoms with Gasteiger partial charge in [0, 0.05) is 19.0 Å². The molecule has 3 heteroatoms. The van der Waals surface area contributed by atoms with Crippen LogP contribution in [0.3, 0.4) is 0 Å². The number of hydrogen-bond acceptors (Lipinski definition) is 1. The maximum Gasteiger partial charge on any atom is 0.226 e. The van der Waals surface area contributed by atoms with Crippen molar-refractivity contribution in [3.05, 3.63) is 35.9 Å². The fourth-order valence-corrected chi connectivity index (χ4v) is 2.56. The number of unbranched alkanes of at least 4 members (excludes halogenated alkanes) is 1. The highest BCUT2D eigenvalue weighted by Gasteiger charge is 2.30. The summed E-state index contributed by atoms with van der Waals surface area (Å²) in [6.45, 7) is 1.79. The zero-order chi connectivity index (χ0) is 12.8. The minimum absolute atomic E-state index is 0.185. The van der Waals surface area contributed by atoms with Gasteiger partial charge in [0.1, 0.15) is 0 Å². The molecule has 0 N–H and O–H groups in total. The maximum absolute atomic E-state index is 12.2. The van der Waals surface area contributed by atoms with E-state index in [1.54, 1.807) is 0 Å². The summed E-state index contributed by atoms with van der Waals surface area (Å²) in [5.41, 5.74) is 1.26. The molecule has 18 heavy (non-hydrogen) atoms. The van der Waals surface area contributed by atoms with Gasteiger partial charge in [0.15, 0.2) is 0 Å². The molecule has 0 aromatic heterocycles. The summed E-state index contributed by atoms with van der Waals surface area (Å²) in [4.78, 5) is 14.2. The molecule has 1 unspecified atom stereocenters. The number of benzene rings is 1. The zero-order valence-electron chi connectivity index (χ0n) is 10.8. The third kappa shape index (κ3) is 3.38. The van der Waals surface area contributed by atoms with Gasteiger partial charge in [-0.3, -0.25) is 4.79 Å². The molecule has 1 aromatic carbocycles. The predicted octanol–water partition coefficient (Wildman–Crippen LogP) is 2.44. The van der Waals surface area contributed by atoms with Crippen LogP contribution in [0.1, 0.15) is 24.8 Å². The van der Waals surface area contributed by atoms with Crippen molar-refractivity contribution in [1.82, 2.24) is 4.90 Å². The van der Waals surface area contributed by atoms with Crippen LogP contribution in [0.5, 0.6) is 0 Å². The van der Waals surface area contributed by atoms with Gasteiger partial charge in [-0.05, 0) is 24.8 Å². The fourth-order valence-electron chi connectivity index (χ4n) is 2.56. The van der Waals surface area contributed by atoms with Crippen LogP contribution in [0.2, 0.25) is 6.32 Å². The van der Waals surface area contributed by atoms with Crippen LogP contribution in [0.4, 0.5) is 0 Å². The van der Waals surface area contributed by atoms with Gasteiger partial charge in [-0.15, -0.1) is 0 Å². The topological polar surface area (TPSA) is 20.3 Å². The van der Waals surface area contributed by atoms with Gasteiger partial charge in [0.2, 0.25) is 5.91 Å². The number of rotatable bonds is 6. The van der Waals surface area contributed by atoms with E-state index in [-0.39, 0.29) is 5.92 Å². The standard InChI is InChI=1S/C15H20BNO/c16-9-4-5-10-17-11-8-14(15(17)18)12-13-6-2-1-3-7-13/h1-3,6-7,14H,4-5,8-12H2. The molecule has 1 fully saturated rings. The molecule has 1 heterocycles. The maximum atomic E-state index is 12.2. The third-order valence-corrected chi connectivity index (χ3v) is 3.62. The van der Waals surface area contributed by atoms with Gasteiger partial charge in [-0.1, -0.05) is 43.1 Å². The van der Waals surface area contributed by atoms with Crippen molar-refractivity contribution in [3.63, 3.8) is 0 Å². The van der Waals surface area contributed by atoms with Gasteiger partial charge in [0.05, 0.1) is 7.85 Å². The van der Waals surface area contributed by atoms with Crippen molar-refractivity contribution in [1.29, 1.82) is 0 Å². The number of amides is 1. The molecule has 0 saturated carbocycles. The summed E-state index contributed by atoms with van der Waals surface area (Å²) < 4.78 is 0. The lowest BCUT2D eigenvalue weighted by Gasteiger charge is -2.16. The lowest BCUT2D eigenvalue weighted by atomic mass is 9.98. The Labute approximate surface area is 111 Å². The number of nitrogens with zero attached hydrogens (tertiary/aromatic N) is 1. The molecular weight excluding hydrogens is 221 g/mol. The predicted molar refractivity (Wildman–Crippen MR) is 74.6 cm³/mol. The van der Waals surface area contributed by atoms with Crippen LogP contribution in [0.15, 0.2) is 30.3 Å². The summed E-state index contributed by atoms with van der Waals surface area (Å²) in [6.07, 6.45) is 4.63. The second-order valence-electron chi connectivity index (χ2n) is 5.00. The second-order valence-corrected chi connectivity index (χ2v) is 5.00. The molecule has 0 spiro atoms. The summed E-state index contributed by atoms with van der Waals surface area (Å²) in [5.74, 6) is 0.515. The Bertz CT molecular complexity index is 379. The first kappa shape index (κ1) is 13.2. The number of hydrogen-bond donors (Lipinski definition) is 0. The largest absolute Gasteiger partial charge is 0.342 e. The third-order valence-electron chi connectivity index (χ3n) is 3.62. The molecule has 0 bridgehead atoms. The molecule has 2 radical (unpaired) electrons. The van der Waals surface area contributed by atoms with E-state index in [1.807, 2.05) is 23.1 Å². The van der Waals surface area contributed by atoms with E-state index < -0.39 is 0 Å². The minimum Gasteiger partial charge on any atom is -0.342 e. The van der Waals surface area contributed by atoms with Crippen molar-refractivity contribution in [2.45, 2.75) is 32.0 Å². The second kappa shape index (κ2) is 6.62. The highest BCUT2D eigenvalue weighted by atomic mass is 16.2. The number of carbonyl (C=O) groups is 1. The molecule has 1 atom stereocenters. The molecule has 1 amide bonds. The number of carbonyl (C=O) groups excluding carboxylic acids is 1. The van der Waals surface area contributed by atoms with E-state index in [1.165, 1.54) is 5.56 Å². The average molecular weight is 241 g/mol. The summed E-state index contributed by atoms with van der Waals surface area (Å²) >= 11 is 0. The van der Waals surface area contributed by atoms with Crippen molar-refractivity contribution in [2.24, 2.45) is 5.92 Å². The van der Waals surface area contributed by atoms with Crippen molar-refractivity contribution < 1.29 is 4.79 Å². The zero-order valence-corrected chi connectivity index (χ0v) is 10.8. The Morgan fingerprint density at radius 3 is 2.72 bits per heavy atom. The van der Waals surface area contributed by atoms with E-state index in [9.17, 15) is 4.79 Å². The summed E-state index contributed by atoms with van der Waals surface area (Å²) in [7, 11) is 5.47. The van der Waals surface area contributed by atoms with Crippen molar-refractivity contribution >= 4 is 13.8 Å². The van der Waals surface area contributed by atoms with Crippen LogP contribution in [0.25, 0.3) is 0 Å². The van der Waals surface area contributed by atoms with E-state index in [0.717, 1.165) is 45.1 Å². The molecule has 94 valence electrons. The minimum atomic E-state index is 0.185. The van der Waals surface area contributed by atoms with E-state index in [2.05, 4.69) is 12.1 Å². The molecule has 0 aliphatic carbocycles. The highest BCUT2D eigenvalue weighted by molar-refractivity contribution is 6.08. The summed E-state index contributed by atoms with van der Waals surface area (Å²) in [5, 5.41) is 0. The molecule has 1 aromatic rings. The van der Waals surface area contributed by atoms with Crippen LogP contribution >= 0.6 is 0 Å². The SMILES string of the molecule is [B]CCCCN1CCC(Cc2ccccc2)C1=O. The first-order valence-electron chi connectivity index (χ1n) is 6.84. The smallest absolute Gasteiger partial charge is 0.226 e. The normalized spacial score (nSPS) is 19.4. The Morgan fingerprint density at radius 1 is 1.22 bits per heavy atom. The van der Waals surface area contributed by atoms with E-state index >= 15 is 0 Å². The number of likely N-dealkylation sites (tertiary alicyclic amines) is 1. The first-order chi connectivity index (χ1) is 8.81. The van der Waals surface area contributed by atoms with Crippen molar-refractivity contribution in [2.75, 3.05) is 13.1 Å². The van der Waals surface area contributed by atoms with Gasteiger partial charge in [-0.25, -0.2) is 0 Å². The molecule has 1 aliphatic heterocycles. The van der Waals surface area contributed by atoms with Crippen molar-refractivity contribution in [3.8, 4) is 0 Å². The Kier molecular flexibility index (Phi) is 4.86. The average Bonchev–Trinajstić information content (AvgIpc) is 2.73. The lowest BCUT2D eigenvalue weighted by molar-refractivity contribution is -0.131. The Balaban J connectivity index is 1.83. The van der Waals surface area contributed by atoms with Crippen LogP contribution in [0, 0.1) is 5.92 Å². The summed E-state index contributed by atoms with van der Waals surface area (Å²) in [6, 6.07) is 10.3. The van der Waals surface area contributed by atoms with Gasteiger partial charge in [0.25, 0.3) is 0 Å². The molecule has 1 aliphatic rings. The quantitative estimate of drug-likeness (QED) is 0.553. The Morgan fingerprint density at radius 2 is 2.00 bits per heavy atom. The van der Waals surface area contributed by atoms with E-state index in [0.29, 0.717) is 5.91 Å². The van der Waals surface area contributed by atoms with Crippen LogP contribution in [-0.4, -0.2) is 31.7 Å². The molecule has 1 saturated heterocycles. The van der Waals surface area contributed by atoms with Crippen LogP contribution < -0.4 is 0 Å². The molecule has 2 nitrogen and oxygen atoms in total.